The molecule has 0 fully saturated rings. The number of benzene rings is 1. The smallest absolute Gasteiger partial charge is 0.480 e. The van der Waals surface area contributed by atoms with Gasteiger partial charge in [0, 0.05) is 6.61 Å². The van der Waals surface area contributed by atoms with Gasteiger partial charge in [0.2, 0.25) is 0 Å². The molecule has 7 nitrogen and oxygen atoms in total. The highest BCUT2D eigenvalue weighted by Gasteiger charge is 2.38. The van der Waals surface area contributed by atoms with Crippen LogP contribution >= 0.6 is 0 Å². The van der Waals surface area contributed by atoms with Crippen molar-refractivity contribution in [2.75, 3.05) is 19.7 Å². The van der Waals surface area contributed by atoms with Gasteiger partial charge in [-0.3, -0.25) is 0 Å². The van der Waals surface area contributed by atoms with Crippen LogP contribution in [0.15, 0.2) is 36.4 Å². The summed E-state index contributed by atoms with van der Waals surface area (Å²) in [4.78, 5) is 0. The second-order valence-corrected chi connectivity index (χ2v) is 7.36. The lowest BCUT2D eigenvalue weighted by atomic mass is 10.4. The van der Waals surface area contributed by atoms with E-state index < -0.39 is 44.2 Å². The van der Waals surface area contributed by atoms with Crippen molar-refractivity contribution in [2.24, 2.45) is 0 Å². The molecule has 1 aromatic carbocycles. The number of hydrogen-bond donors (Lipinski definition) is 1. The molecule has 1 aromatic rings. The van der Waals surface area contributed by atoms with E-state index in [1.807, 2.05) is 50.2 Å². The molecule has 0 aliphatic carbocycles. The van der Waals surface area contributed by atoms with Crippen molar-refractivity contribution >= 4 is 20.0 Å². The van der Waals surface area contributed by atoms with Gasteiger partial charge in [-0.15, -0.1) is 13.1 Å². The zero-order chi connectivity index (χ0) is 23.8. The maximum absolute atomic E-state index is 11.4. The van der Waals surface area contributed by atoms with Gasteiger partial charge < -0.3 is 14.6 Å². The lowest BCUT2D eigenvalue weighted by Gasteiger charge is -2.19. The standard InChI is InChI=1S/C6H6.C3H5F3NO3S.C3H5F3NO2S.C2H6/c1-2-4-6-5-3-1;4-3(5,6)11(9,10)7-1-2-8;1-2-7-10(8,9)3(4,5)6;1-2/h1-6H;8H,1-2H2;2H2,1H3;1-2H3/q;2*-1;. The molecule has 0 spiro atoms. The van der Waals surface area contributed by atoms with Crippen molar-refractivity contribution in [3.63, 3.8) is 0 Å². The summed E-state index contributed by atoms with van der Waals surface area (Å²) in [6.45, 7) is 3.34. The van der Waals surface area contributed by atoms with Crippen LogP contribution in [0.2, 0.25) is 0 Å². The molecule has 174 valence electrons. The predicted octanol–water partition coefficient (Wildman–Crippen LogP) is 4.14. The molecule has 0 aliphatic rings. The Morgan fingerprint density at radius 3 is 1.17 bits per heavy atom. The molecule has 15 heteroatoms. The third-order valence-corrected chi connectivity index (χ3v) is 4.20. The van der Waals surface area contributed by atoms with E-state index in [0.29, 0.717) is 0 Å². The summed E-state index contributed by atoms with van der Waals surface area (Å²) in [6.07, 6.45) is 0. The number of alkyl halides is 6. The summed E-state index contributed by atoms with van der Waals surface area (Å²) in [5, 5.41) is 7.97. The first-order chi connectivity index (χ1) is 13.1. The Labute approximate surface area is 166 Å². The minimum absolute atomic E-state index is 0.387. The number of halogens is 6. The van der Waals surface area contributed by atoms with Crippen molar-refractivity contribution in [1.82, 2.24) is 0 Å². The summed E-state index contributed by atoms with van der Waals surface area (Å²) in [5.74, 6) is 0. The minimum atomic E-state index is -5.39. The van der Waals surface area contributed by atoms with Gasteiger partial charge in [0.05, 0.1) is 0 Å². The quantitative estimate of drug-likeness (QED) is 0.641. The van der Waals surface area contributed by atoms with Gasteiger partial charge in [0.15, 0.2) is 20.0 Å². The molecule has 1 rings (SSSR count). The van der Waals surface area contributed by atoms with Crippen molar-refractivity contribution < 1.29 is 48.3 Å². The average molecular weight is 476 g/mol. The molecule has 1 N–H and O–H groups in total. The van der Waals surface area contributed by atoms with E-state index in [-0.39, 0.29) is 6.54 Å². The Balaban J connectivity index is -0.000000345. The minimum Gasteiger partial charge on any atom is -0.541 e. The molecular formula is C14H22F6N2O5S2-2. The number of aliphatic hydroxyl groups is 1. The van der Waals surface area contributed by atoms with Crippen LogP contribution < -0.4 is 0 Å². The molecule has 0 amide bonds. The first-order valence-electron chi connectivity index (χ1n) is 7.73. The van der Waals surface area contributed by atoms with E-state index in [9.17, 15) is 43.2 Å². The van der Waals surface area contributed by atoms with Gasteiger partial charge in [-0.2, -0.15) is 26.3 Å². The van der Waals surface area contributed by atoms with Crippen LogP contribution in [0.1, 0.15) is 20.8 Å². The van der Waals surface area contributed by atoms with Gasteiger partial charge in [-0.05, 0) is 0 Å². The molecule has 0 heterocycles. The third-order valence-electron chi connectivity index (χ3n) is 1.91. The summed E-state index contributed by atoms with van der Waals surface area (Å²) in [6, 6.07) is 12.0. The second-order valence-electron chi connectivity index (χ2n) is 4.02. The first kappa shape index (κ1) is 32.3. The molecule has 0 bridgehead atoms. The number of sulfonamides is 2. The SMILES string of the molecule is CC.CC[N-]S(=O)(=O)C(F)(F)F.O=S(=O)([N-]CCO)C(F)(F)F.c1ccccc1. The lowest BCUT2D eigenvalue weighted by molar-refractivity contribution is -0.0433. The van der Waals surface area contributed by atoms with Crippen LogP contribution in [0.5, 0.6) is 0 Å². The second kappa shape index (κ2) is 15.4. The zero-order valence-electron chi connectivity index (χ0n) is 15.6. The fourth-order valence-electron chi connectivity index (χ4n) is 0.862. The van der Waals surface area contributed by atoms with Crippen LogP contribution in [-0.4, -0.2) is 52.7 Å². The van der Waals surface area contributed by atoms with Crippen LogP contribution in [0.3, 0.4) is 0 Å². The molecule has 0 atom stereocenters. The topological polar surface area (TPSA) is 117 Å². The van der Waals surface area contributed by atoms with Gasteiger partial charge >= 0.3 is 11.0 Å². The Bertz CT molecular complexity index is 682. The zero-order valence-corrected chi connectivity index (χ0v) is 17.3. The number of nitrogens with zero attached hydrogens (tertiary/aromatic N) is 2. The average Bonchev–Trinajstić information content (AvgIpc) is 2.62. The van der Waals surface area contributed by atoms with Crippen molar-refractivity contribution in [3.05, 3.63) is 45.8 Å². The summed E-state index contributed by atoms with van der Waals surface area (Å²) in [7, 11) is -10.6. The van der Waals surface area contributed by atoms with E-state index in [0.717, 1.165) is 0 Å². The van der Waals surface area contributed by atoms with Gasteiger partial charge in [-0.25, -0.2) is 16.8 Å². The van der Waals surface area contributed by atoms with E-state index in [1.54, 1.807) is 0 Å². The monoisotopic (exact) mass is 476 g/mol. The Hall–Kier alpha value is -1.42. The molecular weight excluding hydrogens is 454 g/mol. The highest BCUT2D eigenvalue weighted by molar-refractivity contribution is 7.95. The third kappa shape index (κ3) is 16.1. The Kier molecular flexibility index (Phi) is 17.2. The fourth-order valence-corrected chi connectivity index (χ4v) is 1.82. The normalized spacial score (nSPS) is 11.7. The Morgan fingerprint density at radius 1 is 0.724 bits per heavy atom. The molecule has 0 saturated carbocycles. The largest absolute Gasteiger partial charge is 0.541 e. The van der Waals surface area contributed by atoms with Crippen LogP contribution in [0.25, 0.3) is 9.44 Å². The van der Waals surface area contributed by atoms with Crippen molar-refractivity contribution in [3.8, 4) is 0 Å². The molecule has 0 saturated heterocycles. The van der Waals surface area contributed by atoms with Crippen molar-refractivity contribution in [2.45, 2.75) is 31.8 Å². The van der Waals surface area contributed by atoms with Crippen molar-refractivity contribution in [1.29, 1.82) is 0 Å². The van der Waals surface area contributed by atoms with Gasteiger partial charge in [0.25, 0.3) is 0 Å². The van der Waals surface area contributed by atoms with Gasteiger partial charge in [0.1, 0.15) is 0 Å². The van der Waals surface area contributed by atoms with E-state index >= 15 is 0 Å². The van der Waals surface area contributed by atoms with Crippen LogP contribution in [0.4, 0.5) is 26.3 Å². The Morgan fingerprint density at radius 2 is 1.00 bits per heavy atom. The number of hydrogen-bond acceptors (Lipinski definition) is 5. The molecule has 0 aliphatic heterocycles. The number of aliphatic hydroxyl groups excluding tert-OH is 1. The van der Waals surface area contributed by atoms with Crippen LogP contribution in [-0.2, 0) is 20.0 Å². The number of rotatable bonds is 5. The summed E-state index contributed by atoms with van der Waals surface area (Å²) < 4.78 is 113. The lowest BCUT2D eigenvalue weighted by Crippen LogP contribution is -2.22. The van der Waals surface area contributed by atoms with Crippen LogP contribution in [0, 0.1) is 0 Å². The fraction of sp³-hybridized carbons (Fsp3) is 0.571. The van der Waals surface area contributed by atoms with E-state index in [2.05, 4.69) is 9.44 Å². The maximum atomic E-state index is 11.4. The van der Waals surface area contributed by atoms with E-state index in [4.69, 9.17) is 5.11 Å². The summed E-state index contributed by atoms with van der Waals surface area (Å²) in [5.41, 5.74) is -10.6. The molecule has 0 unspecified atom stereocenters. The molecule has 29 heavy (non-hydrogen) atoms. The molecule has 0 aromatic heterocycles. The predicted molar refractivity (Wildman–Crippen MR) is 97.0 cm³/mol. The highest BCUT2D eigenvalue weighted by atomic mass is 32.2. The van der Waals surface area contributed by atoms with E-state index in [1.165, 1.54) is 6.92 Å². The maximum Gasteiger partial charge on any atom is 0.480 e. The first-order valence-corrected chi connectivity index (χ1v) is 10.6. The summed E-state index contributed by atoms with van der Waals surface area (Å²) >= 11 is 0. The highest BCUT2D eigenvalue weighted by Crippen LogP contribution is 2.27. The van der Waals surface area contributed by atoms with Gasteiger partial charge in [-0.1, -0.05) is 57.2 Å². The molecule has 0 radical (unpaired) electrons.